The van der Waals surface area contributed by atoms with Gasteiger partial charge in [-0.3, -0.25) is 4.90 Å². The van der Waals surface area contributed by atoms with Crippen molar-refractivity contribution >= 4 is 9.84 Å². The van der Waals surface area contributed by atoms with Crippen LogP contribution in [0.15, 0.2) is 0 Å². The number of nitrogens with one attached hydrogen (secondary N) is 1. The fourth-order valence-electron chi connectivity index (χ4n) is 2.91. The maximum Gasteiger partial charge on any atom is 0.153 e. The largest absolute Gasteiger partial charge is 0.311 e. The Hall–Kier alpha value is -0.130. The molecule has 3 atom stereocenters. The minimum atomic E-state index is -2.95. The summed E-state index contributed by atoms with van der Waals surface area (Å²) in [5.74, 6) is 1.45. The number of rotatable bonds is 7. The predicted octanol–water partition coefficient (Wildman–Crippen LogP) is 2.15. The minimum Gasteiger partial charge on any atom is -0.311 e. The Bertz CT molecular complexity index is 407. The van der Waals surface area contributed by atoms with Crippen molar-refractivity contribution in [1.29, 1.82) is 0 Å². The topological polar surface area (TPSA) is 49.4 Å². The van der Waals surface area contributed by atoms with Crippen LogP contribution in [0.5, 0.6) is 0 Å². The maximum atomic E-state index is 12.1. The maximum absolute atomic E-state index is 12.1. The van der Waals surface area contributed by atoms with Crippen LogP contribution in [-0.4, -0.2) is 56.0 Å². The van der Waals surface area contributed by atoms with E-state index in [-0.39, 0.29) is 11.0 Å². The van der Waals surface area contributed by atoms with Crippen LogP contribution < -0.4 is 5.32 Å². The van der Waals surface area contributed by atoms with Gasteiger partial charge in [-0.05, 0) is 25.7 Å². The van der Waals surface area contributed by atoms with Crippen LogP contribution >= 0.6 is 0 Å². The zero-order chi connectivity index (χ0) is 16.2. The van der Waals surface area contributed by atoms with E-state index in [1.54, 1.807) is 13.8 Å². The van der Waals surface area contributed by atoms with Gasteiger partial charge in [0.2, 0.25) is 0 Å². The fraction of sp³-hybridized carbons (Fsp3) is 1.00. The molecule has 1 fully saturated rings. The van der Waals surface area contributed by atoms with Crippen molar-refractivity contribution < 1.29 is 8.42 Å². The lowest BCUT2D eigenvalue weighted by atomic mass is 9.92. The van der Waals surface area contributed by atoms with Crippen molar-refractivity contribution in [3.8, 4) is 0 Å². The summed E-state index contributed by atoms with van der Waals surface area (Å²) >= 11 is 0. The van der Waals surface area contributed by atoms with Gasteiger partial charge < -0.3 is 5.32 Å². The highest BCUT2D eigenvalue weighted by molar-refractivity contribution is 7.92. The molecular weight excluding hydrogens is 284 g/mol. The van der Waals surface area contributed by atoms with Gasteiger partial charge >= 0.3 is 0 Å². The van der Waals surface area contributed by atoms with Crippen molar-refractivity contribution in [2.24, 2.45) is 11.8 Å². The van der Waals surface area contributed by atoms with E-state index in [0.29, 0.717) is 30.5 Å². The molecule has 1 aliphatic rings. The Labute approximate surface area is 131 Å². The summed E-state index contributed by atoms with van der Waals surface area (Å²) in [5.41, 5.74) is 0. The van der Waals surface area contributed by atoms with Crippen molar-refractivity contribution in [1.82, 2.24) is 10.2 Å². The number of piperazine rings is 1. The number of hydrogen-bond donors (Lipinski definition) is 1. The molecule has 0 aromatic heterocycles. The zero-order valence-corrected chi connectivity index (χ0v) is 15.4. The van der Waals surface area contributed by atoms with E-state index in [1.165, 1.54) is 0 Å². The molecular formula is C16H34N2O2S. The summed E-state index contributed by atoms with van der Waals surface area (Å²) < 4.78 is 24.2. The normalized spacial score (nSPS) is 26.5. The fourth-order valence-corrected chi connectivity index (χ4v) is 3.87. The number of nitrogens with zero attached hydrogens (tertiary/aromatic N) is 1. The smallest absolute Gasteiger partial charge is 0.153 e. The second kappa shape index (κ2) is 7.93. The van der Waals surface area contributed by atoms with Crippen LogP contribution in [0, 0.1) is 11.8 Å². The van der Waals surface area contributed by atoms with Crippen LogP contribution in [0.3, 0.4) is 0 Å². The third-order valence-electron chi connectivity index (χ3n) is 4.97. The Kier molecular flexibility index (Phi) is 7.14. The van der Waals surface area contributed by atoms with Crippen molar-refractivity contribution in [2.45, 2.75) is 65.3 Å². The highest BCUT2D eigenvalue weighted by Crippen LogP contribution is 2.20. The molecule has 1 saturated heterocycles. The zero-order valence-electron chi connectivity index (χ0n) is 14.6. The lowest BCUT2D eigenvalue weighted by Crippen LogP contribution is -2.60. The van der Waals surface area contributed by atoms with E-state index < -0.39 is 9.84 Å². The second-order valence-corrected chi connectivity index (χ2v) is 9.80. The standard InChI is InChI=1S/C16H34N2O2S/c1-7-14(6)15-11-18(16(10-17-15)12(2)3)8-9-21(19,20)13(4)5/h12-17H,7-11H2,1-6H3. The van der Waals surface area contributed by atoms with Crippen LogP contribution in [0.4, 0.5) is 0 Å². The minimum absolute atomic E-state index is 0.275. The third-order valence-corrected chi connectivity index (χ3v) is 7.16. The van der Waals surface area contributed by atoms with Gasteiger partial charge in [0, 0.05) is 31.7 Å². The second-order valence-electron chi connectivity index (χ2n) is 7.12. The summed E-state index contributed by atoms with van der Waals surface area (Å²) in [4.78, 5) is 2.40. The van der Waals surface area contributed by atoms with Gasteiger partial charge in [0.15, 0.2) is 9.84 Å². The van der Waals surface area contributed by atoms with Gasteiger partial charge in [-0.25, -0.2) is 8.42 Å². The Balaban J connectivity index is 2.72. The lowest BCUT2D eigenvalue weighted by Gasteiger charge is -2.44. The molecule has 0 aliphatic carbocycles. The summed E-state index contributed by atoms with van der Waals surface area (Å²) in [6, 6.07) is 0.916. The van der Waals surface area contributed by atoms with E-state index in [9.17, 15) is 8.42 Å². The van der Waals surface area contributed by atoms with E-state index in [4.69, 9.17) is 0 Å². The molecule has 0 bridgehead atoms. The van der Waals surface area contributed by atoms with E-state index >= 15 is 0 Å². The van der Waals surface area contributed by atoms with Gasteiger partial charge in [-0.2, -0.15) is 0 Å². The first-order chi connectivity index (χ1) is 9.69. The van der Waals surface area contributed by atoms with Crippen molar-refractivity contribution in [3.05, 3.63) is 0 Å². The van der Waals surface area contributed by atoms with E-state index in [2.05, 4.69) is 37.9 Å². The first-order valence-corrected chi connectivity index (χ1v) is 10.1. The molecule has 1 rings (SSSR count). The Morgan fingerprint density at radius 2 is 1.81 bits per heavy atom. The first-order valence-electron chi connectivity index (χ1n) is 8.38. The van der Waals surface area contributed by atoms with Gasteiger partial charge in [0.1, 0.15) is 0 Å². The van der Waals surface area contributed by atoms with Crippen LogP contribution in [0.25, 0.3) is 0 Å². The molecule has 0 spiro atoms. The van der Waals surface area contributed by atoms with Gasteiger partial charge in [0.25, 0.3) is 0 Å². The van der Waals surface area contributed by atoms with Gasteiger partial charge in [-0.15, -0.1) is 0 Å². The number of sulfone groups is 1. The highest BCUT2D eigenvalue weighted by Gasteiger charge is 2.32. The molecule has 21 heavy (non-hydrogen) atoms. The SMILES string of the molecule is CCC(C)C1CN(CCS(=O)(=O)C(C)C)C(C(C)C)CN1. The summed E-state index contributed by atoms with van der Waals surface area (Å²) in [7, 11) is -2.95. The van der Waals surface area contributed by atoms with Gasteiger partial charge in [-0.1, -0.05) is 34.1 Å². The summed E-state index contributed by atoms with van der Waals surface area (Å²) in [6.45, 7) is 15.1. The molecule has 0 aromatic rings. The summed E-state index contributed by atoms with van der Waals surface area (Å²) in [6.07, 6.45) is 1.15. The van der Waals surface area contributed by atoms with Crippen molar-refractivity contribution in [3.63, 3.8) is 0 Å². The lowest BCUT2D eigenvalue weighted by molar-refractivity contribution is 0.0879. The molecule has 0 aromatic carbocycles. The van der Waals surface area contributed by atoms with Crippen LogP contribution in [-0.2, 0) is 9.84 Å². The molecule has 126 valence electrons. The average molecular weight is 319 g/mol. The van der Waals surface area contributed by atoms with E-state index in [1.807, 2.05) is 0 Å². The molecule has 0 amide bonds. The van der Waals surface area contributed by atoms with Crippen LogP contribution in [0.2, 0.25) is 0 Å². The van der Waals surface area contributed by atoms with E-state index in [0.717, 1.165) is 19.5 Å². The van der Waals surface area contributed by atoms with Crippen LogP contribution in [0.1, 0.15) is 48.0 Å². The average Bonchev–Trinajstić information content (AvgIpc) is 2.43. The quantitative estimate of drug-likeness (QED) is 0.781. The molecule has 1 N–H and O–H groups in total. The Morgan fingerprint density at radius 3 is 2.29 bits per heavy atom. The van der Waals surface area contributed by atoms with Crippen molar-refractivity contribution in [2.75, 3.05) is 25.4 Å². The summed E-state index contributed by atoms with van der Waals surface area (Å²) in [5, 5.41) is 3.39. The van der Waals surface area contributed by atoms with Gasteiger partial charge in [0.05, 0.1) is 11.0 Å². The molecule has 0 saturated carbocycles. The third kappa shape index (κ3) is 5.22. The monoisotopic (exact) mass is 318 g/mol. The Morgan fingerprint density at radius 1 is 1.19 bits per heavy atom. The molecule has 3 unspecified atom stereocenters. The highest BCUT2D eigenvalue weighted by atomic mass is 32.2. The number of hydrogen-bond acceptors (Lipinski definition) is 4. The molecule has 5 heteroatoms. The molecule has 4 nitrogen and oxygen atoms in total. The predicted molar refractivity (Wildman–Crippen MR) is 90.4 cm³/mol. The molecule has 1 heterocycles. The molecule has 1 aliphatic heterocycles. The first kappa shape index (κ1) is 18.9. The molecule has 0 radical (unpaired) electrons.